The Morgan fingerprint density at radius 3 is 2.37 bits per heavy atom. The highest BCUT2D eigenvalue weighted by molar-refractivity contribution is 7.92. The van der Waals surface area contributed by atoms with Gasteiger partial charge in [-0.05, 0) is 50.2 Å². The topological polar surface area (TPSA) is 119 Å². The summed E-state index contributed by atoms with van der Waals surface area (Å²) in [7, 11) is -3.81. The molecule has 1 amide bonds. The van der Waals surface area contributed by atoms with E-state index in [-0.39, 0.29) is 23.3 Å². The Bertz CT molecular complexity index is 1050. The highest BCUT2D eigenvalue weighted by atomic mass is 32.2. The van der Waals surface area contributed by atoms with Crippen LogP contribution in [-0.4, -0.2) is 34.1 Å². The molecule has 3 aromatic rings. The molecule has 0 saturated heterocycles. The predicted octanol–water partition coefficient (Wildman–Crippen LogP) is 1.73. The number of amides is 1. The molecular weight excluding hydrogens is 368 g/mol. The largest absolute Gasteiger partial charge is 0.324 e. The summed E-state index contributed by atoms with van der Waals surface area (Å²) in [5.41, 5.74) is 2.21. The first-order valence-electron chi connectivity index (χ1n) is 8.04. The van der Waals surface area contributed by atoms with Crippen molar-refractivity contribution in [3.63, 3.8) is 0 Å². The molecule has 27 heavy (non-hydrogen) atoms. The van der Waals surface area contributed by atoms with E-state index < -0.39 is 10.0 Å². The molecule has 0 spiro atoms. The van der Waals surface area contributed by atoms with Gasteiger partial charge in [-0.25, -0.2) is 23.1 Å². The molecule has 2 N–H and O–H groups in total. The first kappa shape index (κ1) is 18.5. The van der Waals surface area contributed by atoms with Crippen LogP contribution in [-0.2, 0) is 21.4 Å². The molecule has 0 radical (unpaired) electrons. The van der Waals surface area contributed by atoms with Crippen LogP contribution in [0.1, 0.15) is 11.4 Å². The maximum atomic E-state index is 12.3. The van der Waals surface area contributed by atoms with Gasteiger partial charge in [0.2, 0.25) is 11.9 Å². The maximum absolute atomic E-state index is 12.3. The first-order chi connectivity index (χ1) is 12.8. The summed E-state index contributed by atoms with van der Waals surface area (Å²) < 4.78 is 28.5. The molecule has 2 heterocycles. The molecule has 0 aliphatic carbocycles. The van der Waals surface area contributed by atoms with E-state index in [1.165, 1.54) is 36.7 Å². The number of rotatable bonds is 6. The van der Waals surface area contributed by atoms with Gasteiger partial charge in [-0.3, -0.25) is 9.48 Å². The Balaban J connectivity index is 1.66. The molecule has 2 aromatic heterocycles. The first-order valence-corrected chi connectivity index (χ1v) is 9.52. The predicted molar refractivity (Wildman–Crippen MR) is 99.6 cm³/mol. The van der Waals surface area contributed by atoms with Gasteiger partial charge in [-0.15, -0.1) is 0 Å². The van der Waals surface area contributed by atoms with Crippen molar-refractivity contribution >= 4 is 27.6 Å². The molecule has 0 bridgehead atoms. The van der Waals surface area contributed by atoms with Gasteiger partial charge in [0, 0.05) is 23.8 Å². The Morgan fingerprint density at radius 2 is 1.78 bits per heavy atom. The van der Waals surface area contributed by atoms with Crippen LogP contribution in [0.3, 0.4) is 0 Å². The number of benzene rings is 1. The van der Waals surface area contributed by atoms with Crippen LogP contribution in [0, 0.1) is 13.8 Å². The van der Waals surface area contributed by atoms with Gasteiger partial charge in [0.05, 0.1) is 10.6 Å². The normalized spacial score (nSPS) is 11.2. The second-order valence-corrected chi connectivity index (χ2v) is 7.52. The van der Waals surface area contributed by atoms with E-state index >= 15 is 0 Å². The van der Waals surface area contributed by atoms with Crippen LogP contribution in [0.4, 0.5) is 11.6 Å². The van der Waals surface area contributed by atoms with Crippen LogP contribution in [0.15, 0.2) is 53.7 Å². The zero-order valence-electron chi connectivity index (χ0n) is 14.7. The molecule has 3 rings (SSSR count). The Hall–Kier alpha value is -3.27. The minimum atomic E-state index is -3.81. The summed E-state index contributed by atoms with van der Waals surface area (Å²) in [5.74, 6) is -0.271. The molecule has 0 fully saturated rings. The average molecular weight is 386 g/mol. The van der Waals surface area contributed by atoms with Gasteiger partial charge in [0.25, 0.3) is 10.0 Å². The molecule has 0 atom stereocenters. The maximum Gasteiger partial charge on any atom is 0.264 e. The van der Waals surface area contributed by atoms with Crippen molar-refractivity contribution in [2.75, 3.05) is 10.0 Å². The summed E-state index contributed by atoms with van der Waals surface area (Å²) in [6, 6.07) is 9.28. The summed E-state index contributed by atoms with van der Waals surface area (Å²) in [6.07, 6.45) is 2.87. The summed E-state index contributed by atoms with van der Waals surface area (Å²) in [5, 5.41) is 6.95. The average Bonchev–Trinajstić information content (AvgIpc) is 2.93. The number of aryl methyl sites for hydroxylation is 2. The van der Waals surface area contributed by atoms with E-state index in [9.17, 15) is 13.2 Å². The number of hydrogen-bond donors (Lipinski definition) is 2. The number of carbonyl (C=O) groups is 1. The summed E-state index contributed by atoms with van der Waals surface area (Å²) in [4.78, 5) is 19.8. The monoisotopic (exact) mass is 386 g/mol. The number of carbonyl (C=O) groups excluding carboxylic acids is 1. The van der Waals surface area contributed by atoms with Crippen molar-refractivity contribution < 1.29 is 13.2 Å². The molecule has 10 heteroatoms. The lowest BCUT2D eigenvalue weighted by molar-refractivity contribution is -0.116. The minimum absolute atomic E-state index is 0.0141. The summed E-state index contributed by atoms with van der Waals surface area (Å²) >= 11 is 0. The van der Waals surface area contributed by atoms with E-state index in [2.05, 4.69) is 25.1 Å². The van der Waals surface area contributed by atoms with Gasteiger partial charge in [0.15, 0.2) is 0 Å². The molecule has 0 aliphatic rings. The molecular formula is C17H18N6O3S. The van der Waals surface area contributed by atoms with E-state index in [1.54, 1.807) is 10.7 Å². The van der Waals surface area contributed by atoms with Crippen LogP contribution >= 0.6 is 0 Å². The van der Waals surface area contributed by atoms with Crippen LogP contribution < -0.4 is 10.0 Å². The Labute approximate surface area is 156 Å². The van der Waals surface area contributed by atoms with E-state index in [0.717, 1.165) is 11.4 Å². The second-order valence-electron chi connectivity index (χ2n) is 5.84. The van der Waals surface area contributed by atoms with Gasteiger partial charge < -0.3 is 5.32 Å². The third-order valence-electron chi connectivity index (χ3n) is 3.64. The van der Waals surface area contributed by atoms with E-state index in [1.807, 2.05) is 19.9 Å². The quantitative estimate of drug-likeness (QED) is 0.666. The molecule has 140 valence electrons. The number of nitrogens with zero attached hydrogens (tertiary/aromatic N) is 4. The fourth-order valence-electron chi connectivity index (χ4n) is 2.42. The Morgan fingerprint density at radius 1 is 1.11 bits per heavy atom. The zero-order valence-corrected chi connectivity index (χ0v) is 15.6. The number of nitrogens with one attached hydrogen (secondary N) is 2. The van der Waals surface area contributed by atoms with Crippen LogP contribution in [0.25, 0.3) is 0 Å². The van der Waals surface area contributed by atoms with Crippen molar-refractivity contribution in [2.24, 2.45) is 0 Å². The summed E-state index contributed by atoms with van der Waals surface area (Å²) in [6.45, 7) is 3.80. The fourth-order valence-corrected chi connectivity index (χ4v) is 3.38. The van der Waals surface area contributed by atoms with Crippen molar-refractivity contribution in [1.82, 2.24) is 19.7 Å². The highest BCUT2D eigenvalue weighted by Gasteiger charge is 2.15. The van der Waals surface area contributed by atoms with Gasteiger partial charge in [-0.2, -0.15) is 5.10 Å². The van der Waals surface area contributed by atoms with Crippen molar-refractivity contribution in [2.45, 2.75) is 25.3 Å². The lowest BCUT2D eigenvalue weighted by Gasteiger charge is -2.09. The van der Waals surface area contributed by atoms with Crippen LogP contribution in [0.5, 0.6) is 0 Å². The van der Waals surface area contributed by atoms with Crippen LogP contribution in [0.2, 0.25) is 0 Å². The van der Waals surface area contributed by atoms with E-state index in [4.69, 9.17) is 0 Å². The second kappa shape index (κ2) is 7.54. The molecule has 1 aromatic carbocycles. The third-order valence-corrected chi connectivity index (χ3v) is 4.98. The van der Waals surface area contributed by atoms with Crippen molar-refractivity contribution in [1.29, 1.82) is 0 Å². The van der Waals surface area contributed by atoms with Crippen molar-refractivity contribution in [3.8, 4) is 0 Å². The SMILES string of the molecule is Cc1cc(C)n(CC(=O)Nc2ccc(S(=O)(=O)Nc3ncccn3)cc2)n1. The highest BCUT2D eigenvalue weighted by Crippen LogP contribution is 2.16. The van der Waals surface area contributed by atoms with Gasteiger partial charge in [0.1, 0.15) is 6.54 Å². The van der Waals surface area contributed by atoms with Gasteiger partial charge >= 0.3 is 0 Å². The number of anilines is 2. The minimum Gasteiger partial charge on any atom is -0.324 e. The smallest absolute Gasteiger partial charge is 0.264 e. The standard InChI is InChI=1S/C17H18N6O3S/c1-12-10-13(2)23(21-12)11-16(24)20-14-4-6-15(7-5-14)27(25,26)22-17-18-8-3-9-19-17/h3-10H,11H2,1-2H3,(H,20,24)(H,18,19,22). The Kier molecular flexibility index (Phi) is 5.17. The molecule has 9 nitrogen and oxygen atoms in total. The molecule has 0 saturated carbocycles. The van der Waals surface area contributed by atoms with Crippen molar-refractivity contribution in [3.05, 3.63) is 60.2 Å². The third kappa shape index (κ3) is 4.67. The zero-order chi connectivity index (χ0) is 19.4. The lowest BCUT2D eigenvalue weighted by atomic mass is 10.3. The molecule has 0 unspecified atom stereocenters. The molecule has 0 aliphatic heterocycles. The number of aromatic nitrogens is 4. The lowest BCUT2D eigenvalue weighted by Crippen LogP contribution is -2.20. The number of hydrogen-bond acceptors (Lipinski definition) is 6. The van der Waals surface area contributed by atoms with E-state index in [0.29, 0.717) is 5.69 Å². The van der Waals surface area contributed by atoms with Gasteiger partial charge in [-0.1, -0.05) is 0 Å². The number of sulfonamides is 1. The fraction of sp³-hybridized carbons (Fsp3) is 0.176.